The minimum atomic E-state index is 0.129. The van der Waals surface area contributed by atoms with Crippen LogP contribution in [0.2, 0.25) is 0 Å². The summed E-state index contributed by atoms with van der Waals surface area (Å²) in [6.45, 7) is 5.22. The molecule has 2 aliphatic heterocycles. The van der Waals surface area contributed by atoms with Crippen molar-refractivity contribution in [1.82, 2.24) is 24.6 Å². The summed E-state index contributed by atoms with van der Waals surface area (Å²) in [5, 5.41) is 9.06. The zero-order valence-corrected chi connectivity index (χ0v) is 17.6. The molecule has 0 N–H and O–H groups in total. The van der Waals surface area contributed by atoms with Crippen molar-refractivity contribution in [2.24, 2.45) is 0 Å². The first-order valence-corrected chi connectivity index (χ1v) is 11.2. The number of aromatic nitrogens is 3. The smallest absolute Gasteiger partial charge is 0.257 e. The van der Waals surface area contributed by atoms with E-state index >= 15 is 0 Å². The molecule has 0 spiro atoms. The van der Waals surface area contributed by atoms with Crippen molar-refractivity contribution in [3.8, 4) is 0 Å². The topological polar surface area (TPSA) is 67.4 Å². The van der Waals surface area contributed by atoms with Crippen molar-refractivity contribution in [2.75, 3.05) is 26.7 Å². The first-order chi connectivity index (χ1) is 14.1. The van der Waals surface area contributed by atoms with Crippen LogP contribution in [0.15, 0.2) is 4.42 Å². The largest absolute Gasteiger partial charge is 0.465 e. The normalized spacial score (nSPS) is 22.8. The van der Waals surface area contributed by atoms with E-state index in [1.807, 2.05) is 11.8 Å². The molecule has 1 atom stereocenters. The quantitative estimate of drug-likeness (QED) is 0.779. The minimum Gasteiger partial charge on any atom is -0.465 e. The molecule has 0 saturated carbocycles. The van der Waals surface area contributed by atoms with E-state index in [1.54, 1.807) is 0 Å². The Morgan fingerprint density at radius 2 is 1.86 bits per heavy atom. The number of aryl methyl sites for hydroxylation is 2. The molecule has 0 radical (unpaired) electrons. The number of fused-ring (bicyclic) bond motifs is 2. The van der Waals surface area contributed by atoms with Crippen LogP contribution in [-0.4, -0.2) is 57.2 Å². The van der Waals surface area contributed by atoms with Crippen LogP contribution in [0.25, 0.3) is 0 Å². The Bertz CT molecular complexity index is 915. The number of rotatable bonds is 2. The highest BCUT2D eigenvalue weighted by Crippen LogP contribution is 2.32. The average molecular weight is 398 g/mol. The highest BCUT2D eigenvalue weighted by Gasteiger charge is 2.32. The highest BCUT2D eigenvalue weighted by molar-refractivity contribution is 5.97. The summed E-state index contributed by atoms with van der Waals surface area (Å²) in [4.78, 5) is 17.8. The standard InChI is InChI=1S/C22H31N5O2/c1-15-20(16-7-3-4-9-18(16)29-15)22(28)26-12-10-19-23-24-21(27(19)14-13-26)17-8-5-6-11-25(17)2/h17H,3-14H2,1-2H3/t17-/m0/s1. The number of carbonyl (C=O) groups is 1. The van der Waals surface area contributed by atoms with Crippen molar-refractivity contribution in [1.29, 1.82) is 0 Å². The molecule has 0 aromatic carbocycles. The Balaban J connectivity index is 1.36. The molecular weight excluding hydrogens is 366 g/mol. The van der Waals surface area contributed by atoms with E-state index in [-0.39, 0.29) is 5.91 Å². The van der Waals surface area contributed by atoms with Crippen molar-refractivity contribution < 1.29 is 9.21 Å². The molecule has 29 heavy (non-hydrogen) atoms. The monoisotopic (exact) mass is 397 g/mol. The Morgan fingerprint density at radius 1 is 1.00 bits per heavy atom. The minimum absolute atomic E-state index is 0.129. The number of carbonyl (C=O) groups excluding carboxylic acids is 1. The summed E-state index contributed by atoms with van der Waals surface area (Å²) in [5.74, 6) is 4.04. The van der Waals surface area contributed by atoms with Gasteiger partial charge in [-0.25, -0.2) is 0 Å². The van der Waals surface area contributed by atoms with Crippen LogP contribution < -0.4 is 0 Å². The lowest BCUT2D eigenvalue weighted by atomic mass is 9.94. The molecule has 0 unspecified atom stereocenters. The number of furan rings is 1. The number of amides is 1. The van der Waals surface area contributed by atoms with Crippen molar-refractivity contribution in [2.45, 2.75) is 70.9 Å². The number of likely N-dealkylation sites (tertiary alicyclic amines) is 1. The van der Waals surface area contributed by atoms with Gasteiger partial charge in [0.15, 0.2) is 0 Å². The summed E-state index contributed by atoms with van der Waals surface area (Å²) >= 11 is 0. The maximum atomic E-state index is 13.4. The third-order valence-electron chi connectivity index (χ3n) is 6.97. The lowest BCUT2D eigenvalue weighted by Gasteiger charge is -2.32. The lowest BCUT2D eigenvalue weighted by Crippen LogP contribution is -2.35. The molecule has 1 aliphatic carbocycles. The third-order valence-corrected chi connectivity index (χ3v) is 6.97. The number of hydrogen-bond acceptors (Lipinski definition) is 5. The molecule has 7 heteroatoms. The van der Waals surface area contributed by atoms with Crippen LogP contribution >= 0.6 is 0 Å². The van der Waals surface area contributed by atoms with E-state index in [9.17, 15) is 4.79 Å². The van der Waals surface area contributed by atoms with Gasteiger partial charge in [0.05, 0.1) is 11.6 Å². The van der Waals surface area contributed by atoms with E-state index in [0.29, 0.717) is 19.1 Å². The molecule has 5 rings (SSSR count). The molecule has 1 amide bonds. The zero-order chi connectivity index (χ0) is 20.0. The lowest BCUT2D eigenvalue weighted by molar-refractivity contribution is 0.0755. The molecule has 7 nitrogen and oxygen atoms in total. The summed E-state index contributed by atoms with van der Waals surface area (Å²) in [5.41, 5.74) is 1.98. The summed E-state index contributed by atoms with van der Waals surface area (Å²) < 4.78 is 8.23. The second kappa shape index (κ2) is 7.59. The average Bonchev–Trinajstić information content (AvgIpc) is 3.20. The van der Waals surface area contributed by atoms with Gasteiger partial charge in [-0.3, -0.25) is 9.69 Å². The molecule has 3 aliphatic rings. The van der Waals surface area contributed by atoms with Gasteiger partial charge in [-0.2, -0.15) is 0 Å². The van der Waals surface area contributed by atoms with Gasteiger partial charge in [-0.05, 0) is 52.6 Å². The summed E-state index contributed by atoms with van der Waals surface area (Å²) in [6, 6.07) is 0.343. The van der Waals surface area contributed by atoms with Gasteiger partial charge in [-0.1, -0.05) is 6.42 Å². The number of piperidine rings is 1. The molecule has 2 aromatic heterocycles. The molecule has 1 fully saturated rings. The van der Waals surface area contributed by atoms with Crippen LogP contribution in [0.4, 0.5) is 0 Å². The molecule has 2 aromatic rings. The van der Waals surface area contributed by atoms with Crippen molar-refractivity contribution in [3.05, 3.63) is 34.3 Å². The first kappa shape index (κ1) is 18.9. The maximum absolute atomic E-state index is 13.4. The van der Waals surface area contributed by atoms with Gasteiger partial charge in [0.1, 0.15) is 23.2 Å². The van der Waals surface area contributed by atoms with Crippen LogP contribution in [-0.2, 0) is 25.8 Å². The van der Waals surface area contributed by atoms with Gasteiger partial charge < -0.3 is 13.9 Å². The molecule has 156 valence electrons. The highest BCUT2D eigenvalue weighted by atomic mass is 16.3. The molecule has 1 saturated heterocycles. The Morgan fingerprint density at radius 3 is 2.72 bits per heavy atom. The van der Waals surface area contributed by atoms with Crippen LogP contribution in [0.5, 0.6) is 0 Å². The van der Waals surface area contributed by atoms with E-state index in [4.69, 9.17) is 4.42 Å². The molecular formula is C22H31N5O2. The van der Waals surface area contributed by atoms with Crippen LogP contribution in [0.3, 0.4) is 0 Å². The van der Waals surface area contributed by atoms with E-state index in [2.05, 4.69) is 26.7 Å². The van der Waals surface area contributed by atoms with Gasteiger partial charge in [0.2, 0.25) is 0 Å². The number of hydrogen-bond donors (Lipinski definition) is 0. The summed E-state index contributed by atoms with van der Waals surface area (Å²) in [7, 11) is 2.18. The van der Waals surface area contributed by atoms with E-state index in [1.165, 1.54) is 12.8 Å². The van der Waals surface area contributed by atoms with Gasteiger partial charge in [-0.15, -0.1) is 10.2 Å². The van der Waals surface area contributed by atoms with Crippen molar-refractivity contribution in [3.63, 3.8) is 0 Å². The van der Waals surface area contributed by atoms with Gasteiger partial charge in [0, 0.05) is 38.0 Å². The first-order valence-electron chi connectivity index (χ1n) is 11.2. The van der Waals surface area contributed by atoms with Gasteiger partial charge >= 0.3 is 0 Å². The second-order valence-electron chi connectivity index (χ2n) is 8.80. The Kier molecular flexibility index (Phi) is 4.94. The predicted octanol–water partition coefficient (Wildman–Crippen LogP) is 2.91. The fraction of sp³-hybridized carbons (Fsp3) is 0.682. The molecule has 0 bridgehead atoms. The predicted molar refractivity (Wildman–Crippen MR) is 109 cm³/mol. The number of nitrogens with zero attached hydrogens (tertiary/aromatic N) is 5. The summed E-state index contributed by atoms with van der Waals surface area (Å²) in [6.07, 6.45) is 8.62. The zero-order valence-electron chi connectivity index (χ0n) is 17.6. The van der Waals surface area contributed by atoms with E-state index in [0.717, 1.165) is 85.9 Å². The van der Waals surface area contributed by atoms with Crippen LogP contribution in [0, 0.1) is 6.92 Å². The fourth-order valence-corrected chi connectivity index (χ4v) is 5.34. The van der Waals surface area contributed by atoms with Gasteiger partial charge in [0.25, 0.3) is 5.91 Å². The molecule has 4 heterocycles. The second-order valence-corrected chi connectivity index (χ2v) is 8.80. The fourth-order valence-electron chi connectivity index (χ4n) is 5.34. The SMILES string of the molecule is Cc1oc2c(c1C(=O)N1CCc3nnc([C@@H]4CCCCN4C)n3CC1)CCCC2. The maximum Gasteiger partial charge on any atom is 0.257 e. The van der Waals surface area contributed by atoms with E-state index < -0.39 is 0 Å². The van der Waals surface area contributed by atoms with Crippen molar-refractivity contribution >= 4 is 5.91 Å². The Hall–Kier alpha value is -2.15. The third kappa shape index (κ3) is 3.29. The van der Waals surface area contributed by atoms with Crippen LogP contribution in [0.1, 0.15) is 77.2 Å². The Labute approximate surface area is 172 Å².